The van der Waals surface area contributed by atoms with E-state index in [0.717, 1.165) is 28.3 Å². The van der Waals surface area contributed by atoms with Crippen LogP contribution in [0.1, 0.15) is 33.0 Å². The molecule has 0 atom stereocenters. The van der Waals surface area contributed by atoms with Gasteiger partial charge >= 0.3 is 0 Å². The third-order valence-corrected chi connectivity index (χ3v) is 3.25. The van der Waals surface area contributed by atoms with Gasteiger partial charge in [-0.3, -0.25) is 9.78 Å². The van der Waals surface area contributed by atoms with E-state index in [1.807, 2.05) is 20.8 Å². The van der Waals surface area contributed by atoms with Crippen LogP contribution in [0.5, 0.6) is 11.5 Å². The van der Waals surface area contributed by atoms with Crippen molar-refractivity contribution in [3.8, 4) is 11.5 Å². The molecular formula is C16H18N2O3. The largest absolute Gasteiger partial charge is 0.496 e. The molecule has 0 aliphatic rings. The highest BCUT2D eigenvalue weighted by Crippen LogP contribution is 2.25. The Kier molecular flexibility index (Phi) is 4.52. The zero-order valence-electron chi connectivity index (χ0n) is 12.6. The smallest absolute Gasteiger partial charge is 0.172 e. The minimum absolute atomic E-state index is 0.258. The Bertz CT molecular complexity index is 669. The van der Waals surface area contributed by atoms with E-state index in [9.17, 15) is 4.79 Å². The first-order valence-electron chi connectivity index (χ1n) is 6.61. The van der Waals surface area contributed by atoms with Crippen molar-refractivity contribution in [2.24, 2.45) is 0 Å². The van der Waals surface area contributed by atoms with Crippen molar-refractivity contribution in [3.63, 3.8) is 0 Å². The minimum atomic E-state index is 0.258. The number of nitrogens with zero attached hydrogens (tertiary/aromatic N) is 2. The predicted octanol–water partition coefficient (Wildman–Crippen LogP) is 2.80. The van der Waals surface area contributed by atoms with Crippen molar-refractivity contribution in [1.29, 1.82) is 0 Å². The van der Waals surface area contributed by atoms with E-state index in [2.05, 4.69) is 9.97 Å². The maximum atomic E-state index is 11.0. The van der Waals surface area contributed by atoms with E-state index in [4.69, 9.17) is 9.47 Å². The summed E-state index contributed by atoms with van der Waals surface area (Å²) in [5, 5.41) is 0. The second kappa shape index (κ2) is 6.35. The van der Waals surface area contributed by atoms with Gasteiger partial charge in [0, 0.05) is 23.0 Å². The molecule has 0 amide bonds. The lowest BCUT2D eigenvalue weighted by atomic mass is 10.1. The van der Waals surface area contributed by atoms with Gasteiger partial charge in [0.2, 0.25) is 0 Å². The summed E-state index contributed by atoms with van der Waals surface area (Å²) in [4.78, 5) is 19.5. The topological polar surface area (TPSA) is 61.3 Å². The van der Waals surface area contributed by atoms with Gasteiger partial charge in [0.1, 0.15) is 23.8 Å². The molecule has 2 heterocycles. The molecule has 21 heavy (non-hydrogen) atoms. The molecule has 0 spiro atoms. The molecule has 110 valence electrons. The number of ether oxygens (including phenoxy) is 2. The van der Waals surface area contributed by atoms with Crippen LogP contribution in [-0.4, -0.2) is 23.4 Å². The van der Waals surface area contributed by atoms with Gasteiger partial charge in [-0.25, -0.2) is 4.98 Å². The van der Waals surface area contributed by atoms with Crippen LogP contribution in [0, 0.1) is 20.8 Å². The van der Waals surface area contributed by atoms with Crippen LogP contribution >= 0.6 is 0 Å². The third-order valence-electron chi connectivity index (χ3n) is 3.25. The third kappa shape index (κ3) is 3.18. The van der Waals surface area contributed by atoms with Gasteiger partial charge in [-0.15, -0.1) is 0 Å². The summed E-state index contributed by atoms with van der Waals surface area (Å²) in [5.41, 5.74) is 3.76. The molecule has 5 nitrogen and oxygen atoms in total. The van der Waals surface area contributed by atoms with Gasteiger partial charge in [0.05, 0.1) is 12.8 Å². The number of carbonyl (C=O) groups excluding carboxylic acids is 1. The fourth-order valence-electron chi connectivity index (χ4n) is 2.13. The molecule has 0 N–H and O–H groups in total. The summed E-state index contributed by atoms with van der Waals surface area (Å²) in [6, 6.07) is 3.55. The molecule has 2 aromatic heterocycles. The summed E-state index contributed by atoms with van der Waals surface area (Å²) in [6.07, 6.45) is 2.44. The summed E-state index contributed by atoms with van der Waals surface area (Å²) in [5.74, 6) is 1.26. The Hall–Kier alpha value is -2.43. The lowest BCUT2D eigenvalue weighted by Gasteiger charge is -2.13. The van der Waals surface area contributed by atoms with Gasteiger partial charge < -0.3 is 9.47 Å². The summed E-state index contributed by atoms with van der Waals surface area (Å²) >= 11 is 0. The van der Waals surface area contributed by atoms with Crippen molar-refractivity contribution in [2.45, 2.75) is 27.4 Å². The number of carbonyl (C=O) groups is 1. The molecule has 0 unspecified atom stereocenters. The molecular weight excluding hydrogens is 268 g/mol. The van der Waals surface area contributed by atoms with Crippen molar-refractivity contribution in [1.82, 2.24) is 9.97 Å². The fourth-order valence-corrected chi connectivity index (χ4v) is 2.13. The monoisotopic (exact) mass is 286 g/mol. The van der Waals surface area contributed by atoms with Crippen LogP contribution in [0.3, 0.4) is 0 Å². The zero-order valence-corrected chi connectivity index (χ0v) is 12.6. The SMILES string of the molecule is COc1c(C)cnc(COc2ccc(C)nc2C=O)c1C. The van der Waals surface area contributed by atoms with Gasteiger partial charge in [-0.2, -0.15) is 0 Å². The van der Waals surface area contributed by atoms with Crippen LogP contribution in [0.4, 0.5) is 0 Å². The molecule has 0 bridgehead atoms. The summed E-state index contributed by atoms with van der Waals surface area (Å²) in [7, 11) is 1.63. The van der Waals surface area contributed by atoms with Crippen LogP contribution in [0.2, 0.25) is 0 Å². The quantitative estimate of drug-likeness (QED) is 0.791. The first-order chi connectivity index (χ1) is 10.1. The average molecular weight is 286 g/mol. The van der Waals surface area contributed by atoms with Crippen molar-refractivity contribution in [2.75, 3.05) is 7.11 Å². The number of hydrogen-bond donors (Lipinski definition) is 0. The molecule has 0 radical (unpaired) electrons. The first kappa shape index (κ1) is 15.0. The molecule has 2 rings (SSSR count). The second-order valence-electron chi connectivity index (χ2n) is 4.79. The molecule has 0 saturated heterocycles. The number of aromatic nitrogens is 2. The number of aryl methyl sites for hydroxylation is 2. The number of hydrogen-bond acceptors (Lipinski definition) is 5. The highest BCUT2D eigenvalue weighted by molar-refractivity contribution is 5.76. The number of pyridine rings is 2. The second-order valence-corrected chi connectivity index (χ2v) is 4.79. The molecule has 5 heteroatoms. The Morgan fingerprint density at radius 3 is 2.67 bits per heavy atom. The minimum Gasteiger partial charge on any atom is -0.496 e. The van der Waals surface area contributed by atoms with E-state index < -0.39 is 0 Å². The lowest BCUT2D eigenvalue weighted by Crippen LogP contribution is -2.06. The maximum absolute atomic E-state index is 11.0. The Morgan fingerprint density at radius 1 is 1.24 bits per heavy atom. The molecule has 0 aromatic carbocycles. The highest BCUT2D eigenvalue weighted by atomic mass is 16.5. The number of methoxy groups -OCH3 is 1. The normalized spacial score (nSPS) is 10.3. The zero-order chi connectivity index (χ0) is 15.4. The van der Waals surface area contributed by atoms with Crippen LogP contribution in [0.25, 0.3) is 0 Å². The lowest BCUT2D eigenvalue weighted by molar-refractivity contribution is 0.111. The summed E-state index contributed by atoms with van der Waals surface area (Å²) in [6.45, 7) is 5.96. The maximum Gasteiger partial charge on any atom is 0.172 e. The Labute approximate surface area is 124 Å². The van der Waals surface area contributed by atoms with Crippen LogP contribution in [-0.2, 0) is 6.61 Å². The molecule has 0 aliphatic heterocycles. The van der Waals surface area contributed by atoms with E-state index >= 15 is 0 Å². The number of aldehydes is 1. The molecule has 2 aromatic rings. The van der Waals surface area contributed by atoms with Gasteiger partial charge in [-0.05, 0) is 32.9 Å². The van der Waals surface area contributed by atoms with Crippen molar-refractivity contribution < 1.29 is 14.3 Å². The van der Waals surface area contributed by atoms with Crippen molar-refractivity contribution >= 4 is 6.29 Å². The predicted molar refractivity (Wildman–Crippen MR) is 79.0 cm³/mol. The van der Waals surface area contributed by atoms with Crippen LogP contribution < -0.4 is 9.47 Å². The summed E-state index contributed by atoms with van der Waals surface area (Å²) < 4.78 is 11.0. The molecule has 0 aliphatic carbocycles. The first-order valence-corrected chi connectivity index (χ1v) is 6.61. The van der Waals surface area contributed by atoms with E-state index in [0.29, 0.717) is 17.7 Å². The van der Waals surface area contributed by atoms with Crippen molar-refractivity contribution in [3.05, 3.63) is 46.5 Å². The fraction of sp³-hybridized carbons (Fsp3) is 0.312. The van der Waals surface area contributed by atoms with E-state index in [-0.39, 0.29) is 6.61 Å². The number of rotatable bonds is 5. The van der Waals surface area contributed by atoms with Gasteiger partial charge in [-0.1, -0.05) is 0 Å². The molecule has 0 saturated carbocycles. The van der Waals surface area contributed by atoms with E-state index in [1.165, 1.54) is 0 Å². The van der Waals surface area contributed by atoms with Gasteiger partial charge in [0.25, 0.3) is 0 Å². The average Bonchev–Trinajstić information content (AvgIpc) is 2.48. The van der Waals surface area contributed by atoms with Gasteiger partial charge in [0.15, 0.2) is 6.29 Å². The molecule has 0 fully saturated rings. The Balaban J connectivity index is 2.23. The van der Waals surface area contributed by atoms with E-state index in [1.54, 1.807) is 25.4 Å². The standard InChI is InChI=1S/C16H18N2O3/c1-10-7-17-14(12(3)16(10)20-4)9-21-15-6-5-11(2)18-13(15)8-19/h5-8H,9H2,1-4H3. The Morgan fingerprint density at radius 2 is 2.00 bits per heavy atom. The van der Waals surface area contributed by atoms with Crippen LogP contribution in [0.15, 0.2) is 18.3 Å². The highest BCUT2D eigenvalue weighted by Gasteiger charge is 2.11.